The van der Waals surface area contributed by atoms with Crippen molar-refractivity contribution in [3.05, 3.63) is 54.1 Å². The van der Waals surface area contributed by atoms with Gasteiger partial charge in [0, 0.05) is 0 Å². The molecule has 0 aromatic heterocycles. The van der Waals surface area contributed by atoms with Gasteiger partial charge in [0.05, 0.1) is 12.2 Å². The predicted octanol–water partition coefficient (Wildman–Crippen LogP) is 8.45. The molecule has 0 aliphatic heterocycles. The Morgan fingerprint density at radius 2 is 1.16 bits per heavy atom. The third-order valence-corrected chi connectivity index (χ3v) is 5.25. The van der Waals surface area contributed by atoms with E-state index < -0.39 is 35.8 Å². The standard InChI is InChI=1S/C25H25F9O4/c1-2-3-4-5-6-7-16-36-18-12-14-19(15-13-18)37-21(35)17-8-10-20(11-9-17)38-25(33,34)23(28,29)22(26,27)24(30,31)32/h8-15H,2-7,16H2,1H3. The van der Waals surface area contributed by atoms with Crippen molar-refractivity contribution in [2.45, 2.75) is 69.6 Å². The number of unbranched alkanes of at least 4 members (excludes halogenated alkanes) is 5. The first-order valence-electron chi connectivity index (χ1n) is 11.6. The summed E-state index contributed by atoms with van der Waals surface area (Å²) in [5, 5.41) is 0. The van der Waals surface area contributed by atoms with E-state index in [1.165, 1.54) is 25.0 Å². The Morgan fingerprint density at radius 3 is 1.71 bits per heavy atom. The Morgan fingerprint density at radius 1 is 0.658 bits per heavy atom. The summed E-state index contributed by atoms with van der Waals surface area (Å²) in [6.07, 6.45) is -6.62. The number of carbonyl (C=O) groups is 1. The van der Waals surface area contributed by atoms with Crippen LogP contribution in [0, 0.1) is 0 Å². The van der Waals surface area contributed by atoms with Crippen LogP contribution in [0.3, 0.4) is 0 Å². The van der Waals surface area contributed by atoms with E-state index in [0.717, 1.165) is 37.8 Å². The Hall–Kier alpha value is -3.12. The van der Waals surface area contributed by atoms with E-state index in [1.807, 2.05) is 0 Å². The van der Waals surface area contributed by atoms with E-state index in [4.69, 9.17) is 9.47 Å². The van der Waals surface area contributed by atoms with Crippen molar-refractivity contribution < 1.29 is 58.5 Å². The van der Waals surface area contributed by atoms with Gasteiger partial charge >= 0.3 is 30.1 Å². The van der Waals surface area contributed by atoms with E-state index in [-0.39, 0.29) is 11.3 Å². The maximum Gasteiger partial charge on any atom is 0.471 e. The minimum atomic E-state index is -7.08. The molecule has 13 heteroatoms. The Balaban J connectivity index is 1.92. The third-order valence-electron chi connectivity index (χ3n) is 5.25. The highest BCUT2D eigenvalue weighted by Gasteiger charge is 2.83. The fourth-order valence-electron chi connectivity index (χ4n) is 3.07. The van der Waals surface area contributed by atoms with Crippen LogP contribution in [0.4, 0.5) is 39.5 Å². The van der Waals surface area contributed by atoms with Gasteiger partial charge in [-0.3, -0.25) is 0 Å². The SMILES string of the molecule is CCCCCCCCOc1ccc(OC(=O)c2ccc(OC(F)(F)C(F)(F)C(F)(F)C(F)(F)F)cc2)cc1. The lowest BCUT2D eigenvalue weighted by molar-refractivity contribution is -0.428. The molecular weight excluding hydrogens is 535 g/mol. The van der Waals surface area contributed by atoms with Crippen LogP contribution in [-0.4, -0.2) is 36.7 Å². The Kier molecular flexibility index (Phi) is 10.3. The van der Waals surface area contributed by atoms with Crippen molar-refractivity contribution in [2.75, 3.05) is 6.61 Å². The first-order chi connectivity index (χ1) is 17.6. The zero-order valence-electron chi connectivity index (χ0n) is 20.1. The monoisotopic (exact) mass is 560 g/mol. The molecule has 0 radical (unpaired) electrons. The molecule has 0 atom stereocenters. The van der Waals surface area contributed by atoms with Gasteiger partial charge in [0.25, 0.3) is 0 Å². The molecule has 2 aromatic carbocycles. The smallest absolute Gasteiger partial charge is 0.471 e. The van der Waals surface area contributed by atoms with Crippen LogP contribution < -0.4 is 14.2 Å². The number of benzene rings is 2. The average molecular weight is 560 g/mol. The number of hydrogen-bond acceptors (Lipinski definition) is 4. The number of carbonyl (C=O) groups excluding carboxylic acids is 1. The molecule has 0 amide bonds. The minimum Gasteiger partial charge on any atom is -0.494 e. The molecule has 0 saturated carbocycles. The lowest BCUT2D eigenvalue weighted by atomic mass is 10.1. The van der Waals surface area contributed by atoms with Crippen LogP contribution in [0.1, 0.15) is 55.8 Å². The maximum atomic E-state index is 13.6. The summed E-state index contributed by atoms with van der Waals surface area (Å²) >= 11 is 0. The second-order valence-electron chi connectivity index (χ2n) is 8.27. The van der Waals surface area contributed by atoms with Crippen LogP contribution in [-0.2, 0) is 0 Å². The van der Waals surface area contributed by atoms with Gasteiger partial charge < -0.3 is 14.2 Å². The van der Waals surface area contributed by atoms with E-state index in [0.29, 0.717) is 24.5 Å². The second-order valence-corrected chi connectivity index (χ2v) is 8.27. The highest BCUT2D eigenvalue weighted by molar-refractivity contribution is 5.91. The van der Waals surface area contributed by atoms with Gasteiger partial charge in [-0.1, -0.05) is 39.0 Å². The van der Waals surface area contributed by atoms with Gasteiger partial charge in [0.2, 0.25) is 0 Å². The summed E-state index contributed by atoms with van der Waals surface area (Å²) in [6.45, 7) is 2.64. The van der Waals surface area contributed by atoms with Gasteiger partial charge in [-0.15, -0.1) is 0 Å². The lowest BCUT2D eigenvalue weighted by Crippen LogP contribution is -2.62. The third kappa shape index (κ3) is 7.70. The summed E-state index contributed by atoms with van der Waals surface area (Å²) in [5.41, 5.74) is -0.281. The zero-order valence-corrected chi connectivity index (χ0v) is 20.1. The molecule has 2 aromatic rings. The molecule has 212 valence electrons. The number of esters is 1. The predicted molar refractivity (Wildman–Crippen MR) is 118 cm³/mol. The topological polar surface area (TPSA) is 44.8 Å². The van der Waals surface area contributed by atoms with Crippen LogP contribution in [0.25, 0.3) is 0 Å². The molecule has 0 spiro atoms. The molecule has 0 unspecified atom stereocenters. The van der Waals surface area contributed by atoms with Crippen molar-refractivity contribution in [3.63, 3.8) is 0 Å². The van der Waals surface area contributed by atoms with Crippen molar-refractivity contribution >= 4 is 5.97 Å². The number of halogens is 9. The molecule has 0 heterocycles. The van der Waals surface area contributed by atoms with Crippen molar-refractivity contribution in [1.29, 1.82) is 0 Å². The largest absolute Gasteiger partial charge is 0.494 e. The van der Waals surface area contributed by atoms with Gasteiger partial charge in [0.1, 0.15) is 17.2 Å². The maximum absolute atomic E-state index is 13.6. The minimum absolute atomic E-state index is 0.0859. The van der Waals surface area contributed by atoms with Crippen molar-refractivity contribution in [3.8, 4) is 17.2 Å². The molecule has 0 fully saturated rings. The number of rotatable bonds is 14. The van der Waals surface area contributed by atoms with Crippen LogP contribution in [0.5, 0.6) is 17.2 Å². The van der Waals surface area contributed by atoms with Crippen molar-refractivity contribution in [1.82, 2.24) is 0 Å². The summed E-state index contributed by atoms with van der Waals surface area (Å²) < 4.78 is 130. The quantitative estimate of drug-likeness (QED) is 0.101. The normalized spacial score (nSPS) is 12.8. The Labute approximate surface area is 212 Å². The lowest BCUT2D eigenvalue weighted by Gasteiger charge is -2.33. The van der Waals surface area contributed by atoms with Gasteiger partial charge in [-0.25, -0.2) is 4.79 Å². The van der Waals surface area contributed by atoms with Gasteiger partial charge in [-0.05, 0) is 55.0 Å². The van der Waals surface area contributed by atoms with E-state index >= 15 is 0 Å². The fourth-order valence-corrected chi connectivity index (χ4v) is 3.07. The first kappa shape index (κ1) is 31.1. The highest BCUT2D eigenvalue weighted by atomic mass is 19.4. The van der Waals surface area contributed by atoms with E-state index in [2.05, 4.69) is 11.7 Å². The molecule has 0 saturated heterocycles. The fraction of sp³-hybridized carbons (Fsp3) is 0.480. The van der Waals surface area contributed by atoms with E-state index in [1.54, 1.807) is 12.1 Å². The molecule has 0 aliphatic carbocycles. The molecular formula is C25H25F9O4. The number of alkyl halides is 9. The summed E-state index contributed by atoms with van der Waals surface area (Å²) in [7, 11) is 0. The summed E-state index contributed by atoms with van der Waals surface area (Å²) in [4.78, 5) is 12.2. The first-order valence-corrected chi connectivity index (χ1v) is 11.6. The molecule has 4 nitrogen and oxygen atoms in total. The highest BCUT2D eigenvalue weighted by Crippen LogP contribution is 2.53. The zero-order chi connectivity index (χ0) is 28.6. The Bertz CT molecular complexity index is 1020. The van der Waals surface area contributed by atoms with Crippen molar-refractivity contribution in [2.24, 2.45) is 0 Å². The second kappa shape index (κ2) is 12.6. The molecule has 2 rings (SSSR count). The summed E-state index contributed by atoms with van der Waals surface area (Å²) in [5.74, 6) is -15.6. The molecule has 0 N–H and O–H groups in total. The average Bonchev–Trinajstić information content (AvgIpc) is 2.83. The number of ether oxygens (including phenoxy) is 3. The van der Waals surface area contributed by atoms with E-state index in [9.17, 15) is 44.3 Å². The van der Waals surface area contributed by atoms with Crippen LogP contribution in [0.15, 0.2) is 48.5 Å². The molecule has 0 bridgehead atoms. The molecule has 0 aliphatic rings. The van der Waals surface area contributed by atoms with Crippen LogP contribution >= 0.6 is 0 Å². The van der Waals surface area contributed by atoms with Gasteiger partial charge in [0.15, 0.2) is 0 Å². The summed E-state index contributed by atoms with van der Waals surface area (Å²) in [6, 6.07) is 8.50. The number of hydrogen-bond donors (Lipinski definition) is 0. The molecule has 38 heavy (non-hydrogen) atoms. The van der Waals surface area contributed by atoms with Crippen LogP contribution in [0.2, 0.25) is 0 Å². The van der Waals surface area contributed by atoms with Gasteiger partial charge in [-0.2, -0.15) is 39.5 Å².